The van der Waals surface area contributed by atoms with Gasteiger partial charge in [-0.15, -0.1) is 0 Å². The number of phenols is 2. The average Bonchev–Trinajstić information content (AvgIpc) is 3.47. The molecule has 0 saturated carbocycles. The topological polar surface area (TPSA) is 211 Å². The van der Waals surface area contributed by atoms with E-state index in [2.05, 4.69) is 5.32 Å². The van der Waals surface area contributed by atoms with Crippen molar-refractivity contribution in [3.05, 3.63) is 53.3 Å². The van der Waals surface area contributed by atoms with Crippen molar-refractivity contribution in [2.24, 2.45) is 35.5 Å². The third-order valence-electron chi connectivity index (χ3n) is 11.7. The van der Waals surface area contributed by atoms with Crippen LogP contribution in [0.5, 0.6) is 23.0 Å². The highest BCUT2D eigenvalue weighted by Crippen LogP contribution is 2.54. The lowest BCUT2D eigenvalue weighted by Gasteiger charge is -2.38. The smallest absolute Gasteiger partial charge is 0.312 e. The maximum Gasteiger partial charge on any atom is 0.312 e. The van der Waals surface area contributed by atoms with Gasteiger partial charge in [-0.1, -0.05) is 73.6 Å². The first kappa shape index (κ1) is 49.5. The third kappa shape index (κ3) is 10.7. The Morgan fingerprint density at radius 3 is 2.13 bits per heavy atom. The number of aliphatic hydroxyl groups excluding tert-OH is 2. The number of rotatable bonds is 9. The molecule has 0 saturated heterocycles. The summed E-state index contributed by atoms with van der Waals surface area (Å²) in [6, 6.07) is 1.29. The molecular weight excluding hydrogens is 801 g/mol. The lowest BCUT2D eigenvalue weighted by atomic mass is 9.78. The van der Waals surface area contributed by atoms with Crippen LogP contribution in [0.1, 0.15) is 92.1 Å². The van der Waals surface area contributed by atoms with E-state index in [1.165, 1.54) is 59.3 Å². The van der Waals surface area contributed by atoms with E-state index in [0.717, 1.165) is 0 Å². The highest BCUT2D eigenvalue weighted by molar-refractivity contribution is 6.21. The Morgan fingerprint density at radius 2 is 1.55 bits per heavy atom. The maximum absolute atomic E-state index is 14.6. The molecule has 3 aliphatic rings. The van der Waals surface area contributed by atoms with Crippen molar-refractivity contribution < 1.29 is 63.3 Å². The Morgan fingerprint density at radius 1 is 0.919 bits per heavy atom. The number of Topliss-reactive ketones (excluding diaryl/α,β-unsaturated/α-hetero) is 1. The number of amides is 2. The van der Waals surface area contributed by atoms with Crippen LogP contribution in [0.3, 0.4) is 0 Å². The average molecular weight is 867 g/mol. The molecule has 0 fully saturated rings. The minimum Gasteiger partial charge on any atom is -0.507 e. The fourth-order valence-electron chi connectivity index (χ4n) is 8.14. The summed E-state index contributed by atoms with van der Waals surface area (Å²) in [5.74, 6) is -7.67. The second kappa shape index (κ2) is 20.4. The lowest BCUT2D eigenvalue weighted by Crippen LogP contribution is -2.46. The number of hydrogen-bond acceptors (Lipinski definition) is 13. The Labute approximate surface area is 364 Å². The van der Waals surface area contributed by atoms with Gasteiger partial charge < -0.3 is 54.3 Å². The summed E-state index contributed by atoms with van der Waals surface area (Å²) < 4.78 is 30.0. The molecule has 5 rings (SSSR count). The number of methoxy groups -OCH3 is 1. The van der Waals surface area contributed by atoms with Crippen molar-refractivity contribution in [1.29, 1.82) is 0 Å². The Hall–Kier alpha value is -5.12. The van der Waals surface area contributed by atoms with Crippen molar-refractivity contribution in [1.82, 2.24) is 4.90 Å². The van der Waals surface area contributed by atoms with Crippen molar-refractivity contribution in [2.75, 3.05) is 32.1 Å². The fraction of sp³-hybridized carbons (Fsp3) is 0.574. The largest absolute Gasteiger partial charge is 0.507 e. The summed E-state index contributed by atoms with van der Waals surface area (Å²) in [5, 5.41) is 48.7. The molecule has 2 aromatic rings. The van der Waals surface area contributed by atoms with Gasteiger partial charge in [0.15, 0.2) is 12.4 Å². The zero-order valence-corrected chi connectivity index (χ0v) is 38.3. The van der Waals surface area contributed by atoms with E-state index in [1.807, 2.05) is 27.7 Å². The molecule has 15 heteroatoms. The third-order valence-corrected chi connectivity index (χ3v) is 11.7. The molecule has 0 spiro atoms. The Kier molecular flexibility index (Phi) is 16.3. The van der Waals surface area contributed by atoms with E-state index in [4.69, 9.17) is 23.7 Å². The predicted octanol–water partition coefficient (Wildman–Crippen LogP) is 6.57. The predicted molar refractivity (Wildman–Crippen MR) is 234 cm³/mol. The van der Waals surface area contributed by atoms with Crippen LogP contribution in [0, 0.1) is 42.4 Å². The minimum atomic E-state index is -2.03. The maximum atomic E-state index is 14.6. The molecule has 5 bridgehead atoms. The number of anilines is 1. The molecule has 342 valence electrons. The molecule has 9 atom stereocenters. The number of aliphatic hydroxyl groups is 2. The molecule has 2 aromatic carbocycles. The van der Waals surface area contributed by atoms with E-state index >= 15 is 0 Å². The number of ketones is 1. The number of aromatic hydroxyl groups is 2. The van der Waals surface area contributed by atoms with Crippen LogP contribution in [0.2, 0.25) is 0 Å². The molecule has 2 amide bonds. The number of ether oxygens (including phenoxy) is 5. The van der Waals surface area contributed by atoms with Crippen LogP contribution in [0.25, 0.3) is 10.8 Å². The van der Waals surface area contributed by atoms with Gasteiger partial charge in [-0.25, -0.2) is 0 Å². The zero-order chi connectivity index (χ0) is 46.5. The van der Waals surface area contributed by atoms with Crippen LogP contribution < -0.4 is 14.8 Å². The van der Waals surface area contributed by atoms with Gasteiger partial charge >= 0.3 is 11.8 Å². The van der Waals surface area contributed by atoms with Gasteiger partial charge in [0.25, 0.3) is 17.6 Å². The van der Waals surface area contributed by atoms with Gasteiger partial charge in [-0.3, -0.25) is 19.2 Å². The molecule has 5 N–H and O–H groups in total. The second-order valence-corrected chi connectivity index (χ2v) is 17.8. The van der Waals surface area contributed by atoms with Gasteiger partial charge in [-0.05, 0) is 31.8 Å². The molecular formula is C47H66N2O13. The first-order chi connectivity index (χ1) is 28.9. The van der Waals surface area contributed by atoms with Crippen molar-refractivity contribution in [2.45, 2.75) is 113 Å². The summed E-state index contributed by atoms with van der Waals surface area (Å²) in [6.45, 7) is 21.0. The summed E-state index contributed by atoms with van der Waals surface area (Å²) in [6.07, 6.45) is 3.62. The van der Waals surface area contributed by atoms with Gasteiger partial charge in [-0.2, -0.15) is 0 Å². The summed E-state index contributed by atoms with van der Waals surface area (Å²) in [5.41, 5.74) is 0.000788. The van der Waals surface area contributed by atoms with Crippen molar-refractivity contribution >= 4 is 40.0 Å². The quantitative estimate of drug-likeness (QED) is 0.134. The first-order valence-electron chi connectivity index (χ1n) is 21.2. The number of nitrogens with one attached hydrogen (secondary N) is 1. The monoisotopic (exact) mass is 866 g/mol. The van der Waals surface area contributed by atoms with Crippen LogP contribution in [0.4, 0.5) is 5.69 Å². The molecule has 3 aliphatic heterocycles. The zero-order valence-electron chi connectivity index (χ0n) is 38.3. The van der Waals surface area contributed by atoms with Crippen molar-refractivity contribution in [3.63, 3.8) is 0 Å². The van der Waals surface area contributed by atoms with Gasteiger partial charge in [0.05, 0.1) is 41.2 Å². The van der Waals surface area contributed by atoms with Crippen LogP contribution in [-0.4, -0.2) is 106 Å². The van der Waals surface area contributed by atoms with Crippen LogP contribution in [0.15, 0.2) is 42.2 Å². The highest BCUT2D eigenvalue weighted by Gasteiger charge is 2.50. The number of phenolic OH excluding ortho intramolecular Hbond substituents is 2. The van der Waals surface area contributed by atoms with E-state index in [0.29, 0.717) is 13.1 Å². The van der Waals surface area contributed by atoms with E-state index in [-0.39, 0.29) is 62.4 Å². The normalized spacial score (nSPS) is 29.1. The number of allylic oxidation sites excluding steroid dienone is 2. The molecule has 3 heterocycles. The number of esters is 1. The van der Waals surface area contributed by atoms with E-state index in [1.54, 1.807) is 44.7 Å². The second-order valence-electron chi connectivity index (χ2n) is 17.8. The number of fused-ring (bicyclic) bond motifs is 14. The summed E-state index contributed by atoms with van der Waals surface area (Å²) in [4.78, 5) is 56.0. The van der Waals surface area contributed by atoms with E-state index < -0.39 is 89.6 Å². The first-order valence-corrected chi connectivity index (χ1v) is 21.2. The molecule has 0 aromatic heterocycles. The minimum absolute atomic E-state index is 0.0551. The van der Waals surface area contributed by atoms with Gasteiger partial charge in [0.2, 0.25) is 0 Å². The number of hydrogen-bond donors (Lipinski definition) is 5. The fourth-order valence-corrected chi connectivity index (χ4v) is 8.14. The molecule has 62 heavy (non-hydrogen) atoms. The van der Waals surface area contributed by atoms with Crippen molar-refractivity contribution in [3.8, 4) is 23.0 Å². The molecule has 9 unspecified atom stereocenters. The summed E-state index contributed by atoms with van der Waals surface area (Å²) in [7, 11) is 1.44. The van der Waals surface area contributed by atoms with Gasteiger partial charge in [0, 0.05) is 80.3 Å². The highest BCUT2D eigenvalue weighted by atomic mass is 16.7. The van der Waals surface area contributed by atoms with Crippen LogP contribution >= 0.6 is 0 Å². The molecule has 0 aliphatic carbocycles. The number of carbonyl (C=O) groups is 4. The SMILES string of the molecule is COC1/C=C\OC2(C)Oc3c(C)c(O)c4c(O)c(cc(OCC(=O)N(CC(C)C)CC(C)C)c4c3C2=O)NC(=O)/C(C)=C\C=C/C(C)C(O)C(C)C(O)C(C)C(OC(C)=O)C1C. The van der Waals surface area contributed by atoms with Crippen LogP contribution in [-0.2, 0) is 28.6 Å². The molecule has 0 radical (unpaired) electrons. The van der Waals surface area contributed by atoms with Gasteiger partial charge in [0.1, 0.15) is 23.4 Å². The number of nitrogens with zero attached hydrogens (tertiary/aromatic N) is 1. The standard InChI is InChI=1S/C47H66N2O13/c1-23(2)20-49(21-24(3)4)35(51)22-59-34-19-32-42(55)37-36(34)38-44(30(10)41(37)54)62-47(12,45(38)56)60-18-17-33(58-13)27(7)43(61-31(11)50)29(9)40(53)28(8)39(52)25(5)15-14-16-26(6)46(57)48-32/h14-19,23-25,27-29,33,39-40,43,52-55H,20-22H2,1-13H3,(H,48,57)/b15-14-,18-17-,26-16-. The Bertz CT molecular complexity index is 2080. The van der Waals surface area contributed by atoms with E-state index in [9.17, 15) is 39.6 Å². The molecule has 15 nitrogen and oxygen atoms in total. The number of benzene rings is 2. The Balaban J connectivity index is 1.94. The summed E-state index contributed by atoms with van der Waals surface area (Å²) >= 11 is 0. The number of carbonyl (C=O) groups excluding carboxylic acids is 4. The lowest BCUT2D eigenvalue weighted by molar-refractivity contribution is -0.160.